The van der Waals surface area contributed by atoms with Gasteiger partial charge in [0.15, 0.2) is 16.2 Å². The fraction of sp³-hybridized carbons (Fsp3) is 0.192. The van der Waals surface area contributed by atoms with Gasteiger partial charge >= 0.3 is 0 Å². The molecule has 3 aliphatic heterocycles. The number of benzene rings is 3. The summed E-state index contributed by atoms with van der Waals surface area (Å²) in [7, 11) is -4.03. The molecule has 3 heterocycles. The zero-order valence-corrected chi connectivity index (χ0v) is 20.6. The van der Waals surface area contributed by atoms with Crippen LogP contribution in [0.3, 0.4) is 0 Å². The number of para-hydroxylation sites is 1. The van der Waals surface area contributed by atoms with Gasteiger partial charge in [-0.15, -0.1) is 0 Å². The SMILES string of the molecule is Cc1ccc(CN2c3ccccc3C(=O)C(C=Nc3ccc4c(c3)N3CCN=C3S4)S2(=O)=O)cc1. The van der Waals surface area contributed by atoms with Gasteiger partial charge in [0.2, 0.25) is 0 Å². The molecular formula is C26H22N4O3S2. The highest BCUT2D eigenvalue weighted by molar-refractivity contribution is 8.14. The molecule has 35 heavy (non-hydrogen) atoms. The first-order valence-corrected chi connectivity index (χ1v) is 13.6. The second kappa shape index (κ2) is 8.35. The van der Waals surface area contributed by atoms with Crippen molar-refractivity contribution < 1.29 is 13.2 Å². The van der Waals surface area contributed by atoms with Gasteiger partial charge in [0.05, 0.1) is 30.2 Å². The van der Waals surface area contributed by atoms with E-state index < -0.39 is 21.1 Å². The molecule has 3 aromatic rings. The number of ketones is 1. The maximum atomic E-state index is 13.7. The molecule has 9 heteroatoms. The van der Waals surface area contributed by atoms with Crippen LogP contribution in [0, 0.1) is 6.92 Å². The smallest absolute Gasteiger partial charge is 0.251 e. The summed E-state index contributed by atoms with van der Waals surface area (Å²) >= 11 is 1.62. The molecule has 3 aromatic carbocycles. The number of amidine groups is 1. The molecule has 0 N–H and O–H groups in total. The van der Waals surface area contributed by atoms with Crippen LogP contribution in [0.1, 0.15) is 21.5 Å². The minimum Gasteiger partial charge on any atom is -0.318 e. The highest BCUT2D eigenvalue weighted by Crippen LogP contribution is 2.43. The molecular weight excluding hydrogens is 480 g/mol. The lowest BCUT2D eigenvalue weighted by Crippen LogP contribution is -2.48. The number of rotatable bonds is 4. The number of thioether (sulfide) groups is 1. The summed E-state index contributed by atoms with van der Waals surface area (Å²) in [5, 5.41) is -0.413. The normalized spacial score (nSPS) is 20.1. The third kappa shape index (κ3) is 3.75. The van der Waals surface area contributed by atoms with Gasteiger partial charge in [0, 0.05) is 23.2 Å². The topological polar surface area (TPSA) is 82.4 Å². The number of sulfonamides is 1. The van der Waals surface area contributed by atoms with Crippen molar-refractivity contribution in [2.75, 3.05) is 22.3 Å². The van der Waals surface area contributed by atoms with Gasteiger partial charge in [-0.1, -0.05) is 42.0 Å². The summed E-state index contributed by atoms with van der Waals surface area (Å²) in [4.78, 5) is 25.5. The number of aliphatic imine (C=N–C) groups is 2. The van der Waals surface area contributed by atoms with E-state index in [-0.39, 0.29) is 6.54 Å². The van der Waals surface area contributed by atoms with Crippen LogP contribution in [0.15, 0.2) is 81.6 Å². The van der Waals surface area contributed by atoms with Gasteiger partial charge in [0.1, 0.15) is 0 Å². The van der Waals surface area contributed by atoms with Gasteiger partial charge in [-0.05, 0) is 54.6 Å². The molecule has 7 nitrogen and oxygen atoms in total. The van der Waals surface area contributed by atoms with E-state index in [1.165, 1.54) is 10.5 Å². The third-order valence-corrected chi connectivity index (χ3v) is 9.38. The monoisotopic (exact) mass is 502 g/mol. The van der Waals surface area contributed by atoms with Crippen LogP contribution < -0.4 is 9.21 Å². The van der Waals surface area contributed by atoms with E-state index in [1.807, 2.05) is 49.4 Å². The first kappa shape index (κ1) is 22.1. The highest BCUT2D eigenvalue weighted by atomic mass is 32.2. The quantitative estimate of drug-likeness (QED) is 0.488. The lowest BCUT2D eigenvalue weighted by molar-refractivity contribution is 0.100. The summed E-state index contributed by atoms with van der Waals surface area (Å²) in [6.07, 6.45) is 1.28. The van der Waals surface area contributed by atoms with Crippen LogP contribution in [-0.4, -0.2) is 43.9 Å². The van der Waals surface area contributed by atoms with Gasteiger partial charge in [-0.25, -0.2) is 8.42 Å². The average Bonchev–Trinajstić information content (AvgIpc) is 3.44. The van der Waals surface area contributed by atoms with Crippen LogP contribution in [0.4, 0.5) is 17.1 Å². The summed E-state index contributed by atoms with van der Waals surface area (Å²) in [5.41, 5.74) is 4.34. The van der Waals surface area contributed by atoms with E-state index in [0.717, 1.165) is 40.0 Å². The number of hydrogen-bond acceptors (Lipinski definition) is 7. The van der Waals surface area contributed by atoms with Crippen molar-refractivity contribution in [3.63, 3.8) is 0 Å². The van der Waals surface area contributed by atoms with Crippen molar-refractivity contribution >= 4 is 56.0 Å². The van der Waals surface area contributed by atoms with Crippen molar-refractivity contribution in [1.82, 2.24) is 0 Å². The zero-order chi connectivity index (χ0) is 24.2. The van der Waals surface area contributed by atoms with E-state index >= 15 is 0 Å². The summed E-state index contributed by atoms with van der Waals surface area (Å²) in [6.45, 7) is 3.71. The Kier molecular flexibility index (Phi) is 5.26. The van der Waals surface area contributed by atoms with Crippen LogP contribution in [0.2, 0.25) is 0 Å². The fourth-order valence-electron chi connectivity index (χ4n) is 4.51. The number of fused-ring (bicyclic) bond motifs is 4. The maximum absolute atomic E-state index is 13.7. The van der Waals surface area contributed by atoms with Crippen molar-refractivity contribution in [3.05, 3.63) is 83.4 Å². The second-order valence-corrected chi connectivity index (χ2v) is 11.7. The lowest BCUT2D eigenvalue weighted by atomic mass is 10.0. The first-order valence-electron chi connectivity index (χ1n) is 11.3. The van der Waals surface area contributed by atoms with Crippen molar-refractivity contribution in [2.45, 2.75) is 23.6 Å². The molecule has 0 saturated carbocycles. The molecule has 1 atom stereocenters. The van der Waals surface area contributed by atoms with E-state index in [1.54, 1.807) is 36.0 Å². The molecule has 3 aliphatic rings. The Labute approximate surface area is 208 Å². The Balaban J connectivity index is 1.36. The molecule has 6 rings (SSSR count). The van der Waals surface area contributed by atoms with E-state index in [4.69, 9.17) is 0 Å². The van der Waals surface area contributed by atoms with Gasteiger partial charge < -0.3 is 4.90 Å². The molecule has 1 unspecified atom stereocenters. The minimum atomic E-state index is -4.03. The van der Waals surface area contributed by atoms with Crippen LogP contribution in [-0.2, 0) is 16.6 Å². The van der Waals surface area contributed by atoms with Crippen molar-refractivity contribution in [2.24, 2.45) is 9.98 Å². The summed E-state index contributed by atoms with van der Waals surface area (Å²) in [5.74, 6) is -0.463. The Morgan fingerprint density at radius 1 is 1.09 bits per heavy atom. The molecule has 0 fully saturated rings. The predicted octanol–water partition coefficient (Wildman–Crippen LogP) is 4.58. The second-order valence-electron chi connectivity index (χ2n) is 8.69. The number of carbonyl (C=O) groups excluding carboxylic acids is 1. The third-order valence-electron chi connectivity index (χ3n) is 6.37. The van der Waals surface area contributed by atoms with E-state index in [9.17, 15) is 13.2 Å². The van der Waals surface area contributed by atoms with Gasteiger partial charge in [-0.2, -0.15) is 0 Å². The number of aryl methyl sites for hydroxylation is 1. The largest absolute Gasteiger partial charge is 0.318 e. The van der Waals surface area contributed by atoms with Crippen molar-refractivity contribution in [3.8, 4) is 0 Å². The minimum absolute atomic E-state index is 0.143. The van der Waals surface area contributed by atoms with Crippen LogP contribution in [0.25, 0.3) is 0 Å². The fourth-order valence-corrected chi connectivity index (χ4v) is 7.23. The molecule has 0 aromatic heterocycles. The number of nitrogens with zero attached hydrogens (tertiary/aromatic N) is 4. The van der Waals surface area contributed by atoms with Crippen LogP contribution >= 0.6 is 11.8 Å². The Morgan fingerprint density at radius 2 is 1.89 bits per heavy atom. The molecule has 176 valence electrons. The van der Waals surface area contributed by atoms with E-state index in [2.05, 4.69) is 14.9 Å². The van der Waals surface area contributed by atoms with Gasteiger partial charge in [-0.3, -0.25) is 19.1 Å². The standard InChI is InChI=1S/C26H22N4O3S2/c1-17-6-8-18(9-7-17)16-30-21-5-3-2-4-20(21)25(31)24(35(30,32)33)15-28-19-10-11-23-22(14-19)29-13-12-27-26(29)34-23/h2-11,14-15,24H,12-13,16H2,1H3. The Hall–Kier alpha value is -3.43. The molecule has 0 aliphatic carbocycles. The first-order chi connectivity index (χ1) is 16.9. The number of Topliss-reactive ketones (excluding diaryl/α,β-unsaturated/α-hetero) is 1. The number of carbonyl (C=O) groups is 1. The van der Waals surface area contributed by atoms with Crippen LogP contribution in [0.5, 0.6) is 0 Å². The molecule has 0 radical (unpaired) electrons. The molecule has 0 amide bonds. The zero-order valence-electron chi connectivity index (χ0n) is 19.0. The van der Waals surface area contributed by atoms with E-state index in [0.29, 0.717) is 16.9 Å². The van der Waals surface area contributed by atoms with Gasteiger partial charge in [0.25, 0.3) is 10.0 Å². The number of anilines is 2. The lowest BCUT2D eigenvalue weighted by Gasteiger charge is -2.33. The Bertz CT molecular complexity index is 1510. The Morgan fingerprint density at radius 3 is 2.71 bits per heavy atom. The molecule has 0 spiro atoms. The van der Waals surface area contributed by atoms with Crippen molar-refractivity contribution in [1.29, 1.82) is 0 Å². The highest BCUT2D eigenvalue weighted by Gasteiger charge is 2.43. The summed E-state index contributed by atoms with van der Waals surface area (Å²) < 4.78 is 28.7. The molecule has 0 bridgehead atoms. The summed E-state index contributed by atoms with van der Waals surface area (Å²) in [6, 6.07) is 20.3. The predicted molar refractivity (Wildman–Crippen MR) is 141 cm³/mol. The number of hydrogen-bond donors (Lipinski definition) is 0. The molecule has 0 saturated heterocycles. The average molecular weight is 503 g/mol. The maximum Gasteiger partial charge on any atom is 0.251 e.